The number of para-hydroxylation sites is 1. The minimum atomic E-state index is -0.131. The number of hydrogen-bond acceptors (Lipinski definition) is 3. The number of hydrogen-bond donors (Lipinski definition) is 1. The van der Waals surface area contributed by atoms with E-state index in [9.17, 15) is 5.11 Å². The van der Waals surface area contributed by atoms with Gasteiger partial charge < -0.3 is 9.84 Å². The van der Waals surface area contributed by atoms with Crippen molar-refractivity contribution >= 4 is 22.5 Å². The third-order valence-corrected chi connectivity index (χ3v) is 3.18. The summed E-state index contributed by atoms with van der Waals surface area (Å²) < 4.78 is 5.73. The van der Waals surface area contributed by atoms with Crippen LogP contribution >= 0.6 is 11.6 Å². The van der Waals surface area contributed by atoms with Gasteiger partial charge in [0.1, 0.15) is 5.75 Å². The van der Waals surface area contributed by atoms with Gasteiger partial charge in [0.05, 0.1) is 12.1 Å². The van der Waals surface area contributed by atoms with Crippen molar-refractivity contribution in [2.45, 2.75) is 6.61 Å². The van der Waals surface area contributed by atoms with Crippen molar-refractivity contribution in [1.82, 2.24) is 4.98 Å². The molecule has 100 valence electrons. The van der Waals surface area contributed by atoms with Crippen molar-refractivity contribution in [1.29, 1.82) is 0 Å². The molecule has 2 aromatic carbocycles. The second-order valence-electron chi connectivity index (χ2n) is 4.36. The van der Waals surface area contributed by atoms with Crippen molar-refractivity contribution in [3.05, 3.63) is 65.2 Å². The number of benzene rings is 2. The van der Waals surface area contributed by atoms with Gasteiger partial charge >= 0.3 is 0 Å². The van der Waals surface area contributed by atoms with Crippen LogP contribution in [0, 0.1) is 0 Å². The molecular formula is C16H12ClNO2. The van der Waals surface area contributed by atoms with Crippen LogP contribution in [0.1, 0.15) is 5.56 Å². The molecule has 1 heterocycles. The van der Waals surface area contributed by atoms with E-state index in [2.05, 4.69) is 4.98 Å². The smallest absolute Gasteiger partial charge is 0.225 e. The van der Waals surface area contributed by atoms with Crippen molar-refractivity contribution in [3.8, 4) is 11.6 Å². The molecule has 0 aliphatic rings. The van der Waals surface area contributed by atoms with E-state index < -0.39 is 0 Å². The molecule has 20 heavy (non-hydrogen) atoms. The summed E-state index contributed by atoms with van der Waals surface area (Å²) in [5, 5.41) is 11.0. The normalized spacial score (nSPS) is 10.7. The number of fused-ring (bicyclic) bond motifs is 1. The van der Waals surface area contributed by atoms with Crippen molar-refractivity contribution in [2.75, 3.05) is 0 Å². The highest BCUT2D eigenvalue weighted by molar-refractivity contribution is 6.30. The van der Waals surface area contributed by atoms with Crippen LogP contribution in [0.5, 0.6) is 11.6 Å². The third kappa shape index (κ3) is 2.59. The molecule has 1 N–H and O–H groups in total. The fourth-order valence-corrected chi connectivity index (χ4v) is 2.17. The Morgan fingerprint density at radius 2 is 1.90 bits per heavy atom. The number of aliphatic hydroxyl groups excluding tert-OH is 1. The van der Waals surface area contributed by atoms with Crippen molar-refractivity contribution in [2.24, 2.45) is 0 Å². The van der Waals surface area contributed by atoms with Crippen LogP contribution in [-0.2, 0) is 6.61 Å². The lowest BCUT2D eigenvalue weighted by Crippen LogP contribution is -1.95. The largest absolute Gasteiger partial charge is 0.439 e. The quantitative estimate of drug-likeness (QED) is 0.785. The van der Waals surface area contributed by atoms with Gasteiger partial charge in [0.2, 0.25) is 5.88 Å². The molecule has 0 amide bonds. The molecule has 0 aliphatic heterocycles. The molecule has 3 rings (SSSR count). The number of ether oxygens (including phenoxy) is 1. The summed E-state index contributed by atoms with van der Waals surface area (Å²) in [5.74, 6) is 0.989. The highest BCUT2D eigenvalue weighted by atomic mass is 35.5. The van der Waals surface area contributed by atoms with Gasteiger partial charge in [0.25, 0.3) is 0 Å². The molecule has 3 aromatic rings. The Hall–Kier alpha value is -2.10. The topological polar surface area (TPSA) is 42.4 Å². The zero-order valence-electron chi connectivity index (χ0n) is 10.6. The Morgan fingerprint density at radius 1 is 1.05 bits per heavy atom. The average Bonchev–Trinajstić information content (AvgIpc) is 2.46. The summed E-state index contributed by atoms with van der Waals surface area (Å²) in [6, 6.07) is 16.7. The highest BCUT2D eigenvalue weighted by Crippen LogP contribution is 2.28. The number of halogens is 1. The first-order chi connectivity index (χ1) is 9.76. The van der Waals surface area contributed by atoms with E-state index >= 15 is 0 Å². The highest BCUT2D eigenvalue weighted by Gasteiger charge is 2.08. The summed E-state index contributed by atoms with van der Waals surface area (Å²) >= 11 is 5.93. The fourth-order valence-electron chi connectivity index (χ4n) is 1.99. The zero-order chi connectivity index (χ0) is 13.9. The molecule has 0 aliphatic carbocycles. The molecule has 0 bridgehead atoms. The maximum atomic E-state index is 9.46. The van der Waals surface area contributed by atoms with Crippen molar-refractivity contribution < 1.29 is 9.84 Å². The van der Waals surface area contributed by atoms with Gasteiger partial charge in [-0.25, -0.2) is 4.98 Å². The van der Waals surface area contributed by atoms with Crippen LogP contribution in [0.4, 0.5) is 0 Å². The standard InChI is InChI=1S/C16H12ClNO2/c17-13-5-3-6-14(9-13)20-16-12(10-19)8-11-4-1-2-7-15(11)18-16/h1-9,19H,10H2. The third-order valence-electron chi connectivity index (χ3n) is 2.94. The molecule has 0 saturated heterocycles. The number of aliphatic hydroxyl groups is 1. The molecule has 0 atom stereocenters. The van der Waals surface area contributed by atoms with E-state index in [1.165, 1.54) is 0 Å². The minimum Gasteiger partial charge on any atom is -0.439 e. The summed E-state index contributed by atoms with van der Waals surface area (Å²) in [7, 11) is 0. The first-order valence-corrected chi connectivity index (χ1v) is 6.57. The van der Waals surface area contributed by atoms with Gasteiger partial charge in [0.15, 0.2) is 0 Å². The first-order valence-electron chi connectivity index (χ1n) is 6.19. The van der Waals surface area contributed by atoms with Crippen LogP contribution in [0.25, 0.3) is 10.9 Å². The van der Waals surface area contributed by atoms with Gasteiger partial charge in [-0.2, -0.15) is 0 Å². The lowest BCUT2D eigenvalue weighted by molar-refractivity contribution is 0.275. The molecule has 0 fully saturated rings. The molecule has 1 aromatic heterocycles. The monoisotopic (exact) mass is 285 g/mol. The second-order valence-corrected chi connectivity index (χ2v) is 4.80. The van der Waals surface area contributed by atoms with Crippen LogP contribution < -0.4 is 4.74 Å². The van der Waals surface area contributed by atoms with Crippen molar-refractivity contribution in [3.63, 3.8) is 0 Å². The summed E-state index contributed by atoms with van der Waals surface area (Å²) in [5.41, 5.74) is 1.46. The minimum absolute atomic E-state index is 0.131. The second kappa shape index (κ2) is 5.49. The fraction of sp³-hybridized carbons (Fsp3) is 0.0625. The number of rotatable bonds is 3. The Kier molecular flexibility index (Phi) is 3.54. The average molecular weight is 286 g/mol. The lowest BCUT2D eigenvalue weighted by Gasteiger charge is -2.10. The molecule has 3 nitrogen and oxygen atoms in total. The number of pyridine rings is 1. The Bertz CT molecular complexity index is 758. The zero-order valence-corrected chi connectivity index (χ0v) is 11.3. The van der Waals surface area contributed by atoms with Gasteiger partial charge in [-0.05, 0) is 30.3 Å². The maximum absolute atomic E-state index is 9.46. The predicted molar refractivity (Wildman–Crippen MR) is 79.2 cm³/mol. The molecule has 0 saturated carbocycles. The van der Waals surface area contributed by atoms with E-state index in [4.69, 9.17) is 16.3 Å². The van der Waals surface area contributed by atoms with Crippen LogP contribution in [0.15, 0.2) is 54.6 Å². The molecular weight excluding hydrogens is 274 g/mol. The Balaban J connectivity index is 2.05. The molecule has 0 unspecified atom stereocenters. The molecule has 0 radical (unpaired) electrons. The van der Waals surface area contributed by atoms with Gasteiger partial charge in [0, 0.05) is 16.0 Å². The first kappa shape index (κ1) is 12.9. The number of nitrogens with zero attached hydrogens (tertiary/aromatic N) is 1. The van der Waals surface area contributed by atoms with E-state index in [0.29, 0.717) is 22.2 Å². The Labute approximate surface area is 121 Å². The number of aromatic nitrogens is 1. The summed E-state index contributed by atoms with van der Waals surface area (Å²) in [6.07, 6.45) is 0. The molecule has 4 heteroatoms. The van der Waals surface area contributed by atoms with E-state index in [1.54, 1.807) is 24.3 Å². The summed E-state index contributed by atoms with van der Waals surface area (Å²) in [6.45, 7) is -0.131. The molecule has 0 spiro atoms. The van der Waals surface area contributed by atoms with Gasteiger partial charge in [-0.1, -0.05) is 35.9 Å². The Morgan fingerprint density at radius 3 is 2.70 bits per heavy atom. The maximum Gasteiger partial charge on any atom is 0.225 e. The van der Waals surface area contributed by atoms with E-state index in [0.717, 1.165) is 10.9 Å². The predicted octanol–water partition coefficient (Wildman–Crippen LogP) is 4.17. The van der Waals surface area contributed by atoms with E-state index in [1.807, 2.05) is 30.3 Å². The van der Waals surface area contributed by atoms with E-state index in [-0.39, 0.29) is 6.61 Å². The van der Waals surface area contributed by atoms with Crippen LogP contribution in [0.3, 0.4) is 0 Å². The SMILES string of the molecule is OCc1cc2ccccc2nc1Oc1cccc(Cl)c1. The van der Waals surface area contributed by atoms with Crippen LogP contribution in [-0.4, -0.2) is 10.1 Å². The summed E-state index contributed by atoms with van der Waals surface area (Å²) in [4.78, 5) is 4.45. The van der Waals surface area contributed by atoms with Crippen LogP contribution in [0.2, 0.25) is 5.02 Å². The van der Waals surface area contributed by atoms with Gasteiger partial charge in [-0.3, -0.25) is 0 Å². The lowest BCUT2D eigenvalue weighted by atomic mass is 10.1. The van der Waals surface area contributed by atoms with Gasteiger partial charge in [-0.15, -0.1) is 0 Å².